The molecule has 5 nitrogen and oxygen atoms in total. The lowest BCUT2D eigenvalue weighted by Gasteiger charge is -2.29. The lowest BCUT2D eigenvalue weighted by molar-refractivity contribution is -0.134. The smallest absolute Gasteiger partial charge is 0.320 e. The molecule has 0 radical (unpaired) electrons. The number of carbonyl (C=O) groups is 2. The molecule has 19 heavy (non-hydrogen) atoms. The van der Waals surface area contributed by atoms with Crippen molar-refractivity contribution in [2.75, 3.05) is 33.2 Å². The van der Waals surface area contributed by atoms with Crippen molar-refractivity contribution >= 4 is 11.9 Å². The predicted molar refractivity (Wildman–Crippen MR) is 75.9 cm³/mol. The molecule has 0 atom stereocenters. The van der Waals surface area contributed by atoms with Crippen molar-refractivity contribution in [3.8, 4) is 0 Å². The van der Waals surface area contributed by atoms with E-state index in [2.05, 4.69) is 0 Å². The van der Waals surface area contributed by atoms with Gasteiger partial charge in [-0.2, -0.15) is 0 Å². The Labute approximate surface area is 116 Å². The van der Waals surface area contributed by atoms with Gasteiger partial charge in [0.25, 0.3) is 0 Å². The number of urea groups is 1. The molecule has 1 saturated heterocycles. The summed E-state index contributed by atoms with van der Waals surface area (Å²) in [5, 5.41) is 0. The highest BCUT2D eigenvalue weighted by Crippen LogP contribution is 2.10. The van der Waals surface area contributed by atoms with Crippen molar-refractivity contribution in [2.45, 2.75) is 40.2 Å². The third-order valence-electron chi connectivity index (χ3n) is 3.65. The Kier molecular flexibility index (Phi) is 5.63. The number of nitrogens with zero attached hydrogens (tertiary/aromatic N) is 3. The van der Waals surface area contributed by atoms with E-state index in [1.807, 2.05) is 44.5 Å². The summed E-state index contributed by atoms with van der Waals surface area (Å²) in [6, 6.07) is 0.262. The minimum absolute atomic E-state index is 0.0283. The summed E-state index contributed by atoms with van der Waals surface area (Å²) >= 11 is 0. The maximum Gasteiger partial charge on any atom is 0.320 e. The first-order chi connectivity index (χ1) is 8.84. The fourth-order valence-electron chi connectivity index (χ4n) is 2.14. The zero-order valence-electron chi connectivity index (χ0n) is 12.8. The van der Waals surface area contributed by atoms with Crippen LogP contribution in [0.25, 0.3) is 0 Å². The van der Waals surface area contributed by atoms with Gasteiger partial charge in [0.05, 0.1) is 0 Å². The fourth-order valence-corrected chi connectivity index (χ4v) is 2.14. The Morgan fingerprint density at radius 1 is 0.947 bits per heavy atom. The lowest BCUT2D eigenvalue weighted by Crippen LogP contribution is -2.46. The number of hydrogen-bond acceptors (Lipinski definition) is 2. The molecule has 0 aromatic rings. The maximum atomic E-state index is 12.3. The molecule has 1 fully saturated rings. The van der Waals surface area contributed by atoms with Crippen LogP contribution >= 0.6 is 0 Å². The van der Waals surface area contributed by atoms with Gasteiger partial charge >= 0.3 is 6.03 Å². The van der Waals surface area contributed by atoms with Crippen LogP contribution in [0.4, 0.5) is 4.79 Å². The average molecular weight is 269 g/mol. The summed E-state index contributed by atoms with van der Waals surface area (Å²) in [4.78, 5) is 29.7. The van der Waals surface area contributed by atoms with E-state index in [1.165, 1.54) is 0 Å². The minimum atomic E-state index is 0.0283. The molecule has 0 N–H and O–H groups in total. The average Bonchev–Trinajstić information content (AvgIpc) is 2.61. The molecule has 0 aromatic heterocycles. The van der Waals surface area contributed by atoms with Gasteiger partial charge in [-0.3, -0.25) is 4.79 Å². The van der Waals surface area contributed by atoms with Crippen LogP contribution in [0.1, 0.15) is 34.1 Å². The molecule has 0 aromatic carbocycles. The van der Waals surface area contributed by atoms with E-state index in [0.717, 1.165) is 19.5 Å². The highest BCUT2D eigenvalue weighted by atomic mass is 16.2. The summed E-state index contributed by atoms with van der Waals surface area (Å²) in [6.07, 6.45) is 0.857. The van der Waals surface area contributed by atoms with Crippen molar-refractivity contribution in [3.05, 3.63) is 0 Å². The zero-order valence-corrected chi connectivity index (χ0v) is 12.8. The molecule has 3 amide bonds. The van der Waals surface area contributed by atoms with Crippen LogP contribution in [0, 0.1) is 5.92 Å². The molecule has 0 spiro atoms. The van der Waals surface area contributed by atoms with Gasteiger partial charge in [0.15, 0.2) is 0 Å². The van der Waals surface area contributed by atoms with Gasteiger partial charge in [0.1, 0.15) is 0 Å². The van der Waals surface area contributed by atoms with Crippen LogP contribution in [0.5, 0.6) is 0 Å². The second kappa shape index (κ2) is 6.78. The van der Waals surface area contributed by atoms with Gasteiger partial charge in [-0.05, 0) is 20.3 Å². The molecule has 0 saturated carbocycles. The molecule has 1 rings (SSSR count). The van der Waals surface area contributed by atoms with Crippen molar-refractivity contribution in [1.29, 1.82) is 0 Å². The molecular formula is C14H27N3O2. The van der Waals surface area contributed by atoms with Gasteiger partial charge in [0, 0.05) is 45.2 Å². The monoisotopic (exact) mass is 269 g/mol. The molecule has 1 heterocycles. The fraction of sp³-hybridized carbons (Fsp3) is 0.857. The van der Waals surface area contributed by atoms with E-state index in [4.69, 9.17) is 0 Å². The van der Waals surface area contributed by atoms with E-state index in [0.29, 0.717) is 13.1 Å². The molecule has 5 heteroatoms. The standard InChI is InChI=1S/C14H27N3O2/c1-11(2)13(18)16-7-6-8-17(10-9-16)14(19)15(5)12(3)4/h11-12H,6-10H2,1-5H3. The second-order valence-electron chi connectivity index (χ2n) is 5.81. The molecule has 0 bridgehead atoms. The number of rotatable bonds is 2. The summed E-state index contributed by atoms with van der Waals surface area (Å²) in [5.41, 5.74) is 0. The largest absolute Gasteiger partial charge is 0.341 e. The van der Waals surface area contributed by atoms with Crippen LogP contribution in [-0.2, 0) is 4.79 Å². The third kappa shape index (κ3) is 4.11. The minimum Gasteiger partial charge on any atom is -0.341 e. The summed E-state index contributed by atoms with van der Waals surface area (Å²) in [7, 11) is 1.83. The van der Waals surface area contributed by atoms with E-state index < -0.39 is 0 Å². The first-order valence-electron chi connectivity index (χ1n) is 7.15. The maximum absolute atomic E-state index is 12.3. The van der Waals surface area contributed by atoms with Crippen molar-refractivity contribution < 1.29 is 9.59 Å². The first kappa shape index (κ1) is 15.8. The van der Waals surface area contributed by atoms with E-state index in [-0.39, 0.29) is 23.9 Å². The Bertz CT molecular complexity index is 329. The highest BCUT2D eigenvalue weighted by Gasteiger charge is 2.25. The normalized spacial score (nSPS) is 16.8. The second-order valence-corrected chi connectivity index (χ2v) is 5.81. The SMILES string of the molecule is CC(C)C(=O)N1CCCN(C(=O)N(C)C(C)C)CC1. The molecule has 0 unspecified atom stereocenters. The highest BCUT2D eigenvalue weighted by molar-refractivity contribution is 5.78. The van der Waals surface area contributed by atoms with Gasteiger partial charge in [-0.15, -0.1) is 0 Å². The Morgan fingerprint density at radius 2 is 1.47 bits per heavy atom. The number of hydrogen-bond donors (Lipinski definition) is 0. The first-order valence-corrected chi connectivity index (χ1v) is 7.15. The summed E-state index contributed by atoms with van der Waals surface area (Å²) < 4.78 is 0. The van der Waals surface area contributed by atoms with Gasteiger partial charge < -0.3 is 14.7 Å². The van der Waals surface area contributed by atoms with Crippen molar-refractivity contribution in [3.63, 3.8) is 0 Å². The van der Waals surface area contributed by atoms with Crippen LogP contribution in [0.15, 0.2) is 0 Å². The predicted octanol–water partition coefficient (Wildman–Crippen LogP) is 1.64. The van der Waals surface area contributed by atoms with Crippen LogP contribution in [0.3, 0.4) is 0 Å². The van der Waals surface area contributed by atoms with Crippen LogP contribution in [0.2, 0.25) is 0 Å². The molecule has 1 aliphatic rings. The van der Waals surface area contributed by atoms with E-state index in [1.54, 1.807) is 4.90 Å². The number of amides is 3. The van der Waals surface area contributed by atoms with Crippen LogP contribution in [-0.4, -0.2) is 65.9 Å². The molecule has 0 aliphatic carbocycles. The molecular weight excluding hydrogens is 242 g/mol. The van der Waals surface area contributed by atoms with Gasteiger partial charge in [0.2, 0.25) is 5.91 Å². The van der Waals surface area contributed by atoms with Gasteiger partial charge in [-0.1, -0.05) is 13.8 Å². The quantitative estimate of drug-likeness (QED) is 0.765. The van der Waals surface area contributed by atoms with Crippen molar-refractivity contribution in [1.82, 2.24) is 14.7 Å². The number of carbonyl (C=O) groups excluding carboxylic acids is 2. The summed E-state index contributed by atoms with van der Waals surface area (Å²) in [5.74, 6) is 0.215. The topological polar surface area (TPSA) is 43.9 Å². The van der Waals surface area contributed by atoms with E-state index >= 15 is 0 Å². The van der Waals surface area contributed by atoms with Crippen molar-refractivity contribution in [2.24, 2.45) is 5.92 Å². The van der Waals surface area contributed by atoms with Crippen LogP contribution < -0.4 is 0 Å². The Balaban J connectivity index is 2.59. The Hall–Kier alpha value is -1.26. The Morgan fingerprint density at radius 3 is 2.00 bits per heavy atom. The molecule has 110 valence electrons. The molecule has 1 aliphatic heterocycles. The zero-order chi connectivity index (χ0) is 14.6. The lowest BCUT2D eigenvalue weighted by atomic mass is 10.2. The third-order valence-corrected chi connectivity index (χ3v) is 3.65. The van der Waals surface area contributed by atoms with Gasteiger partial charge in [-0.25, -0.2) is 4.79 Å². The summed E-state index contributed by atoms with van der Waals surface area (Å²) in [6.45, 7) is 10.6. The van der Waals surface area contributed by atoms with E-state index in [9.17, 15) is 9.59 Å².